The second kappa shape index (κ2) is 8.25. The number of hydrogen-bond donors (Lipinski definition) is 0. The van der Waals surface area contributed by atoms with Gasteiger partial charge in [0.2, 0.25) is 5.91 Å². The van der Waals surface area contributed by atoms with Crippen LogP contribution in [0.25, 0.3) is 10.6 Å². The van der Waals surface area contributed by atoms with E-state index in [1.54, 1.807) is 11.3 Å². The molecular weight excluding hydrogens is 336 g/mol. The monoisotopic (exact) mass is 358 g/mol. The molecule has 1 aromatic heterocycles. The first-order valence-electron chi connectivity index (χ1n) is 8.50. The zero-order valence-corrected chi connectivity index (χ0v) is 15.1. The highest BCUT2D eigenvalue weighted by Crippen LogP contribution is 2.25. The van der Waals surface area contributed by atoms with E-state index in [-0.39, 0.29) is 11.9 Å². The number of carbonyl (C=O) groups excluding carboxylic acids is 2. The summed E-state index contributed by atoms with van der Waals surface area (Å²) in [6.45, 7) is 1.41. The number of likely N-dealkylation sites (tertiary alicyclic amines) is 1. The van der Waals surface area contributed by atoms with Crippen LogP contribution in [0.1, 0.15) is 25.0 Å². The number of amides is 1. The van der Waals surface area contributed by atoms with E-state index in [2.05, 4.69) is 4.98 Å². The largest absolute Gasteiger partial charge is 0.469 e. The van der Waals surface area contributed by atoms with Crippen molar-refractivity contribution in [1.29, 1.82) is 0 Å². The summed E-state index contributed by atoms with van der Waals surface area (Å²) >= 11 is 1.57. The Morgan fingerprint density at radius 3 is 2.64 bits per heavy atom. The second-order valence-corrected chi connectivity index (χ2v) is 7.15. The van der Waals surface area contributed by atoms with Gasteiger partial charge in [-0.1, -0.05) is 30.3 Å². The molecular formula is C19H22N2O3S. The molecule has 1 aromatic carbocycles. The minimum Gasteiger partial charge on any atom is -0.469 e. The molecule has 132 valence electrons. The average molecular weight is 358 g/mol. The van der Waals surface area contributed by atoms with E-state index in [4.69, 9.17) is 4.74 Å². The molecule has 0 saturated carbocycles. The Labute approximate surface area is 151 Å². The first-order chi connectivity index (χ1) is 12.2. The van der Waals surface area contributed by atoms with Gasteiger partial charge in [0, 0.05) is 30.5 Å². The van der Waals surface area contributed by atoms with Gasteiger partial charge in [0.25, 0.3) is 0 Å². The van der Waals surface area contributed by atoms with E-state index >= 15 is 0 Å². The lowest BCUT2D eigenvalue weighted by molar-refractivity contribution is -0.142. The van der Waals surface area contributed by atoms with Crippen LogP contribution in [-0.2, 0) is 20.7 Å². The summed E-state index contributed by atoms with van der Waals surface area (Å²) in [7, 11) is 1.42. The van der Waals surface area contributed by atoms with Crippen molar-refractivity contribution in [2.24, 2.45) is 5.92 Å². The van der Waals surface area contributed by atoms with Crippen LogP contribution in [-0.4, -0.2) is 42.0 Å². The van der Waals surface area contributed by atoms with Gasteiger partial charge < -0.3 is 9.64 Å². The Kier molecular flexibility index (Phi) is 5.81. The lowest BCUT2D eigenvalue weighted by Gasteiger charge is -2.31. The average Bonchev–Trinajstić information content (AvgIpc) is 3.11. The van der Waals surface area contributed by atoms with Crippen LogP contribution in [0.2, 0.25) is 0 Å². The van der Waals surface area contributed by atoms with Gasteiger partial charge in [-0.15, -0.1) is 11.3 Å². The minimum absolute atomic E-state index is 0.112. The Morgan fingerprint density at radius 2 is 1.96 bits per heavy atom. The number of thiazole rings is 1. The molecule has 0 atom stereocenters. The molecule has 0 N–H and O–H groups in total. The van der Waals surface area contributed by atoms with Gasteiger partial charge in [-0.2, -0.15) is 0 Å². The summed E-state index contributed by atoms with van der Waals surface area (Å²) < 4.78 is 4.72. The van der Waals surface area contributed by atoms with Crippen molar-refractivity contribution in [3.8, 4) is 10.6 Å². The Bertz CT molecular complexity index is 721. The predicted molar refractivity (Wildman–Crippen MR) is 97.2 cm³/mol. The molecule has 0 aliphatic carbocycles. The molecule has 0 bridgehead atoms. The third-order valence-corrected chi connectivity index (χ3v) is 5.50. The number of piperidine rings is 1. The first kappa shape index (κ1) is 17.6. The van der Waals surface area contributed by atoms with Gasteiger partial charge >= 0.3 is 5.97 Å². The fourth-order valence-electron chi connectivity index (χ4n) is 3.07. The fourth-order valence-corrected chi connectivity index (χ4v) is 3.90. The molecule has 1 amide bonds. The van der Waals surface area contributed by atoms with Crippen molar-refractivity contribution in [2.75, 3.05) is 20.2 Å². The zero-order valence-electron chi connectivity index (χ0n) is 14.3. The third kappa shape index (κ3) is 4.66. The molecule has 0 radical (unpaired) electrons. The van der Waals surface area contributed by atoms with Gasteiger partial charge in [-0.3, -0.25) is 9.59 Å². The highest BCUT2D eigenvalue weighted by atomic mass is 32.1. The molecule has 1 aliphatic rings. The topological polar surface area (TPSA) is 59.5 Å². The molecule has 1 fully saturated rings. The van der Waals surface area contributed by atoms with Crippen LogP contribution in [0.4, 0.5) is 0 Å². The standard InChI is InChI=1S/C19H22N2O3S/c1-24-18(23)11-14-7-9-21(10-8-14)17(22)12-16-13-25-19(20-16)15-5-3-2-4-6-15/h2-6,13-14H,7-12H2,1H3. The summed E-state index contributed by atoms with van der Waals surface area (Å²) in [5.74, 6) is 0.266. The molecule has 5 nitrogen and oxygen atoms in total. The molecule has 0 spiro atoms. The number of esters is 1. The van der Waals surface area contributed by atoms with Crippen molar-refractivity contribution in [2.45, 2.75) is 25.7 Å². The van der Waals surface area contributed by atoms with Gasteiger partial charge in [0.15, 0.2) is 0 Å². The van der Waals surface area contributed by atoms with Crippen LogP contribution >= 0.6 is 11.3 Å². The molecule has 25 heavy (non-hydrogen) atoms. The summed E-state index contributed by atoms with van der Waals surface area (Å²) in [6, 6.07) is 10.00. The van der Waals surface area contributed by atoms with Gasteiger partial charge in [-0.05, 0) is 18.8 Å². The Morgan fingerprint density at radius 1 is 1.24 bits per heavy atom. The van der Waals surface area contributed by atoms with E-state index < -0.39 is 0 Å². The van der Waals surface area contributed by atoms with E-state index in [0.717, 1.165) is 29.1 Å². The predicted octanol–water partition coefficient (Wildman–Crippen LogP) is 3.15. The summed E-state index contributed by atoms with van der Waals surface area (Å²) in [5, 5.41) is 2.91. The van der Waals surface area contributed by atoms with Crippen molar-refractivity contribution < 1.29 is 14.3 Å². The molecule has 2 aromatic rings. The maximum atomic E-state index is 12.5. The van der Waals surface area contributed by atoms with Crippen molar-refractivity contribution in [3.05, 3.63) is 41.4 Å². The number of carbonyl (C=O) groups is 2. The summed E-state index contributed by atoms with van der Waals surface area (Å²) in [5.41, 5.74) is 1.90. The molecule has 1 aliphatic heterocycles. The van der Waals surface area contributed by atoms with Crippen LogP contribution in [0.15, 0.2) is 35.7 Å². The van der Waals surface area contributed by atoms with Crippen LogP contribution in [0, 0.1) is 5.92 Å². The van der Waals surface area contributed by atoms with E-state index in [1.807, 2.05) is 40.6 Å². The quantitative estimate of drug-likeness (QED) is 0.771. The number of rotatable bonds is 5. The SMILES string of the molecule is COC(=O)CC1CCN(C(=O)Cc2csc(-c3ccccc3)n2)CC1. The molecule has 0 unspecified atom stereocenters. The smallest absolute Gasteiger partial charge is 0.305 e. The summed E-state index contributed by atoms with van der Waals surface area (Å²) in [4.78, 5) is 30.3. The maximum absolute atomic E-state index is 12.5. The molecule has 1 saturated heterocycles. The van der Waals surface area contributed by atoms with Gasteiger partial charge in [0.1, 0.15) is 5.01 Å². The van der Waals surface area contributed by atoms with Gasteiger partial charge in [-0.25, -0.2) is 4.98 Å². The van der Waals surface area contributed by atoms with Crippen LogP contribution in [0.3, 0.4) is 0 Å². The lowest BCUT2D eigenvalue weighted by atomic mass is 9.93. The normalized spacial score (nSPS) is 15.2. The number of benzene rings is 1. The van der Waals surface area contributed by atoms with Crippen LogP contribution < -0.4 is 0 Å². The highest BCUT2D eigenvalue weighted by molar-refractivity contribution is 7.13. The lowest BCUT2D eigenvalue weighted by Crippen LogP contribution is -2.39. The molecule has 3 rings (SSSR count). The van der Waals surface area contributed by atoms with E-state index in [0.29, 0.717) is 31.8 Å². The maximum Gasteiger partial charge on any atom is 0.305 e. The minimum atomic E-state index is -0.166. The number of methoxy groups -OCH3 is 1. The van der Waals surface area contributed by atoms with Gasteiger partial charge in [0.05, 0.1) is 19.2 Å². The second-order valence-electron chi connectivity index (χ2n) is 6.29. The van der Waals surface area contributed by atoms with Crippen molar-refractivity contribution in [3.63, 3.8) is 0 Å². The van der Waals surface area contributed by atoms with Crippen molar-refractivity contribution >= 4 is 23.2 Å². The van der Waals surface area contributed by atoms with Crippen molar-refractivity contribution in [1.82, 2.24) is 9.88 Å². The van der Waals surface area contributed by atoms with E-state index in [1.165, 1.54) is 7.11 Å². The number of ether oxygens (including phenoxy) is 1. The molecule has 2 heterocycles. The van der Waals surface area contributed by atoms with Crippen LogP contribution in [0.5, 0.6) is 0 Å². The highest BCUT2D eigenvalue weighted by Gasteiger charge is 2.25. The zero-order chi connectivity index (χ0) is 17.6. The molecule has 6 heteroatoms. The summed E-state index contributed by atoms with van der Waals surface area (Å²) in [6.07, 6.45) is 2.50. The van der Waals surface area contributed by atoms with E-state index in [9.17, 15) is 9.59 Å². The number of nitrogens with zero attached hydrogens (tertiary/aromatic N) is 2. The first-order valence-corrected chi connectivity index (χ1v) is 9.38. The Hall–Kier alpha value is -2.21. The number of aromatic nitrogens is 1. The number of hydrogen-bond acceptors (Lipinski definition) is 5. The third-order valence-electron chi connectivity index (χ3n) is 4.56. The Balaban J connectivity index is 1.52. The fraction of sp³-hybridized carbons (Fsp3) is 0.421.